The van der Waals surface area contributed by atoms with Crippen LogP contribution in [0.4, 0.5) is 10.6 Å². The number of carbonyl (C=O) groups is 2. The Morgan fingerprint density at radius 2 is 2.08 bits per heavy atom. The molecule has 1 aliphatic carbocycles. The van der Waals surface area contributed by atoms with Crippen LogP contribution in [0.1, 0.15) is 58.1 Å². The molecule has 24 heavy (non-hydrogen) atoms. The van der Waals surface area contributed by atoms with Crippen LogP contribution in [0.2, 0.25) is 0 Å². The molecule has 7 nitrogen and oxygen atoms in total. The van der Waals surface area contributed by atoms with Crippen molar-refractivity contribution in [3.8, 4) is 0 Å². The van der Waals surface area contributed by atoms with Crippen molar-refractivity contribution < 1.29 is 14.1 Å². The van der Waals surface area contributed by atoms with Crippen molar-refractivity contribution in [1.82, 2.24) is 15.4 Å². The van der Waals surface area contributed by atoms with Crippen molar-refractivity contribution in [1.29, 1.82) is 0 Å². The molecule has 3 amide bonds. The molecule has 0 bridgehead atoms. The van der Waals surface area contributed by atoms with Crippen molar-refractivity contribution in [3.63, 3.8) is 0 Å². The predicted octanol–water partition coefficient (Wildman–Crippen LogP) is 3.06. The molecule has 2 rings (SSSR count). The Kier molecular flexibility index (Phi) is 6.63. The summed E-state index contributed by atoms with van der Waals surface area (Å²) >= 11 is 0. The van der Waals surface area contributed by atoms with Gasteiger partial charge in [0, 0.05) is 18.2 Å². The number of amides is 3. The minimum absolute atomic E-state index is 0.000528. The van der Waals surface area contributed by atoms with E-state index in [1.54, 1.807) is 17.9 Å². The lowest BCUT2D eigenvalue weighted by Crippen LogP contribution is -2.51. The van der Waals surface area contributed by atoms with Gasteiger partial charge in [-0.3, -0.25) is 4.79 Å². The normalized spacial score (nSPS) is 16.5. The summed E-state index contributed by atoms with van der Waals surface area (Å²) in [7, 11) is 0. The van der Waals surface area contributed by atoms with Gasteiger partial charge in [0.1, 0.15) is 12.3 Å². The topological polar surface area (TPSA) is 87.5 Å². The van der Waals surface area contributed by atoms with E-state index in [1.165, 1.54) is 6.42 Å². The Labute approximate surface area is 143 Å². The number of hydrogen-bond donors (Lipinski definition) is 2. The van der Waals surface area contributed by atoms with Crippen LogP contribution in [0.25, 0.3) is 0 Å². The quantitative estimate of drug-likeness (QED) is 0.836. The average Bonchev–Trinajstić information content (AvgIpc) is 2.97. The molecular formula is C17H28N4O3. The van der Waals surface area contributed by atoms with Gasteiger partial charge in [-0.2, -0.15) is 0 Å². The molecular weight excluding hydrogens is 308 g/mol. The summed E-state index contributed by atoms with van der Waals surface area (Å²) in [5, 5.41) is 9.49. The predicted molar refractivity (Wildman–Crippen MR) is 91.7 cm³/mol. The van der Waals surface area contributed by atoms with Crippen LogP contribution in [0.15, 0.2) is 10.6 Å². The second kappa shape index (κ2) is 8.70. The first-order valence-corrected chi connectivity index (χ1v) is 8.80. The number of rotatable bonds is 6. The van der Waals surface area contributed by atoms with Crippen molar-refractivity contribution in [2.75, 3.05) is 11.9 Å². The van der Waals surface area contributed by atoms with Crippen LogP contribution < -0.4 is 10.6 Å². The van der Waals surface area contributed by atoms with Gasteiger partial charge in [-0.1, -0.05) is 31.3 Å². The van der Waals surface area contributed by atoms with Crippen LogP contribution in [-0.4, -0.2) is 40.6 Å². The molecule has 1 unspecified atom stereocenters. The molecule has 134 valence electrons. The van der Waals surface area contributed by atoms with Crippen LogP contribution in [0, 0.1) is 6.92 Å². The van der Waals surface area contributed by atoms with Gasteiger partial charge in [-0.15, -0.1) is 0 Å². The highest BCUT2D eigenvalue weighted by atomic mass is 16.5. The average molecular weight is 336 g/mol. The Bertz CT molecular complexity index is 552. The number of aromatic nitrogens is 1. The van der Waals surface area contributed by atoms with Gasteiger partial charge < -0.3 is 20.1 Å². The summed E-state index contributed by atoms with van der Waals surface area (Å²) in [4.78, 5) is 26.4. The molecule has 1 fully saturated rings. The lowest BCUT2D eigenvalue weighted by molar-refractivity contribution is -0.117. The van der Waals surface area contributed by atoms with E-state index in [-0.39, 0.29) is 30.6 Å². The molecule has 1 saturated carbocycles. The first-order valence-electron chi connectivity index (χ1n) is 8.80. The Morgan fingerprint density at radius 1 is 1.38 bits per heavy atom. The third kappa shape index (κ3) is 5.25. The van der Waals surface area contributed by atoms with Gasteiger partial charge in [0.25, 0.3) is 0 Å². The molecule has 7 heteroatoms. The molecule has 1 aromatic heterocycles. The molecule has 1 atom stereocenters. The molecule has 1 aromatic rings. The summed E-state index contributed by atoms with van der Waals surface area (Å²) in [6.07, 6.45) is 6.37. The molecule has 0 aliphatic heterocycles. The van der Waals surface area contributed by atoms with E-state index >= 15 is 0 Å². The third-order valence-electron chi connectivity index (χ3n) is 4.53. The maximum absolute atomic E-state index is 12.6. The Balaban J connectivity index is 1.93. The number of nitrogens with one attached hydrogen (secondary N) is 2. The lowest BCUT2D eigenvalue weighted by atomic mass is 9.96. The number of carbonyl (C=O) groups excluding carboxylic acids is 2. The van der Waals surface area contributed by atoms with Crippen molar-refractivity contribution in [2.45, 2.75) is 71.4 Å². The van der Waals surface area contributed by atoms with Gasteiger partial charge in [0.2, 0.25) is 5.91 Å². The first kappa shape index (κ1) is 18.3. The zero-order valence-electron chi connectivity index (χ0n) is 14.8. The highest BCUT2D eigenvalue weighted by Gasteiger charge is 2.25. The maximum atomic E-state index is 12.6. The summed E-state index contributed by atoms with van der Waals surface area (Å²) in [6, 6.07) is 1.69. The molecule has 1 aliphatic rings. The standard InChI is InChI=1S/C17H28N4O3/c1-4-12(2)21(17(23)18-14-8-6-5-7-9-14)11-16(22)19-15-10-13(3)24-20-15/h10,12,14H,4-9,11H2,1-3H3,(H,18,23)(H,19,20,22). The smallest absolute Gasteiger partial charge is 0.318 e. The Hall–Kier alpha value is -2.05. The molecule has 0 spiro atoms. The number of hydrogen-bond acceptors (Lipinski definition) is 4. The fourth-order valence-electron chi connectivity index (χ4n) is 2.92. The van der Waals surface area contributed by atoms with Crippen LogP contribution in [0.3, 0.4) is 0 Å². The summed E-state index contributed by atoms with van der Waals surface area (Å²) in [5.74, 6) is 0.718. The first-order chi connectivity index (χ1) is 11.5. The van der Waals surface area contributed by atoms with Crippen LogP contribution >= 0.6 is 0 Å². The number of urea groups is 1. The number of anilines is 1. The third-order valence-corrected chi connectivity index (χ3v) is 4.53. The molecule has 0 saturated heterocycles. The molecule has 1 heterocycles. The van der Waals surface area contributed by atoms with Crippen molar-refractivity contribution >= 4 is 17.8 Å². The van der Waals surface area contributed by atoms with E-state index in [9.17, 15) is 9.59 Å². The van der Waals surface area contributed by atoms with Crippen LogP contribution in [0.5, 0.6) is 0 Å². The fourth-order valence-corrected chi connectivity index (χ4v) is 2.92. The zero-order chi connectivity index (χ0) is 17.5. The highest BCUT2D eigenvalue weighted by molar-refractivity contribution is 5.93. The largest absolute Gasteiger partial charge is 0.360 e. The number of aryl methyl sites for hydroxylation is 1. The molecule has 0 aromatic carbocycles. The summed E-state index contributed by atoms with van der Waals surface area (Å²) in [6.45, 7) is 5.71. The zero-order valence-corrected chi connectivity index (χ0v) is 14.8. The van der Waals surface area contributed by atoms with Crippen LogP contribution in [-0.2, 0) is 4.79 Å². The second-order valence-electron chi connectivity index (χ2n) is 6.54. The minimum atomic E-state index is -0.276. The number of nitrogens with zero attached hydrogens (tertiary/aromatic N) is 2. The minimum Gasteiger partial charge on any atom is -0.360 e. The molecule has 0 radical (unpaired) electrons. The Morgan fingerprint density at radius 3 is 2.67 bits per heavy atom. The SMILES string of the molecule is CCC(C)N(CC(=O)Nc1cc(C)on1)C(=O)NC1CCCCC1. The maximum Gasteiger partial charge on any atom is 0.318 e. The van der Waals surface area contributed by atoms with E-state index in [0.717, 1.165) is 32.1 Å². The van der Waals surface area contributed by atoms with Gasteiger partial charge in [-0.05, 0) is 33.1 Å². The van der Waals surface area contributed by atoms with Gasteiger partial charge >= 0.3 is 6.03 Å². The van der Waals surface area contributed by atoms with E-state index in [0.29, 0.717) is 11.6 Å². The fraction of sp³-hybridized carbons (Fsp3) is 0.706. The van der Waals surface area contributed by atoms with Gasteiger partial charge in [0.05, 0.1) is 0 Å². The van der Waals surface area contributed by atoms with Crippen molar-refractivity contribution in [3.05, 3.63) is 11.8 Å². The monoisotopic (exact) mass is 336 g/mol. The van der Waals surface area contributed by atoms with E-state index in [4.69, 9.17) is 4.52 Å². The summed E-state index contributed by atoms with van der Waals surface area (Å²) in [5.41, 5.74) is 0. The van der Waals surface area contributed by atoms with Gasteiger partial charge in [0.15, 0.2) is 5.82 Å². The lowest BCUT2D eigenvalue weighted by Gasteiger charge is -2.31. The molecule has 2 N–H and O–H groups in total. The van der Waals surface area contributed by atoms with Gasteiger partial charge in [-0.25, -0.2) is 4.79 Å². The van der Waals surface area contributed by atoms with Crippen molar-refractivity contribution in [2.24, 2.45) is 0 Å². The summed E-state index contributed by atoms with van der Waals surface area (Å²) < 4.78 is 4.93. The van der Waals surface area contributed by atoms with E-state index < -0.39 is 0 Å². The van der Waals surface area contributed by atoms with E-state index in [2.05, 4.69) is 15.8 Å². The van der Waals surface area contributed by atoms with E-state index in [1.807, 2.05) is 13.8 Å². The second-order valence-corrected chi connectivity index (χ2v) is 6.54. The highest BCUT2D eigenvalue weighted by Crippen LogP contribution is 2.18.